The highest BCUT2D eigenvalue weighted by molar-refractivity contribution is 5.80. The highest BCUT2D eigenvalue weighted by Gasteiger charge is 2.45. The van der Waals surface area contributed by atoms with Crippen molar-refractivity contribution in [2.75, 3.05) is 13.1 Å². The van der Waals surface area contributed by atoms with Gasteiger partial charge >= 0.3 is 6.09 Å². The Bertz CT molecular complexity index is 694. The summed E-state index contributed by atoms with van der Waals surface area (Å²) in [6, 6.07) is 4.59. The van der Waals surface area contributed by atoms with Crippen LogP contribution >= 0.6 is 0 Å². The summed E-state index contributed by atoms with van der Waals surface area (Å²) in [4.78, 5) is 19.3. The SMILES string of the molecule is C=CCNC(=NCCc1ccco1)NC1CC2CCC(C1)N2C(=O)OC(C)(C)C. The molecule has 2 saturated heterocycles. The van der Waals surface area contributed by atoms with E-state index < -0.39 is 5.60 Å². The monoisotopic (exact) mass is 402 g/mol. The lowest BCUT2D eigenvalue weighted by molar-refractivity contribution is 0.00545. The Balaban J connectivity index is 1.57. The predicted octanol–water partition coefficient (Wildman–Crippen LogP) is 3.47. The van der Waals surface area contributed by atoms with Crippen LogP contribution in [-0.2, 0) is 11.2 Å². The lowest BCUT2D eigenvalue weighted by Crippen LogP contribution is -2.55. The van der Waals surface area contributed by atoms with Crippen LogP contribution in [0.5, 0.6) is 0 Å². The van der Waals surface area contributed by atoms with Gasteiger partial charge in [0.1, 0.15) is 11.4 Å². The first kappa shape index (κ1) is 21.3. The first-order valence-electron chi connectivity index (χ1n) is 10.5. The number of rotatable bonds is 6. The van der Waals surface area contributed by atoms with Crippen LogP contribution in [0.2, 0.25) is 0 Å². The van der Waals surface area contributed by atoms with Crippen LogP contribution in [0.25, 0.3) is 0 Å². The van der Waals surface area contributed by atoms with Crippen LogP contribution in [0.15, 0.2) is 40.5 Å². The summed E-state index contributed by atoms with van der Waals surface area (Å²) in [6.07, 6.45) is 7.96. The molecule has 2 bridgehead atoms. The summed E-state index contributed by atoms with van der Waals surface area (Å²) in [6.45, 7) is 10.8. The number of fused-ring (bicyclic) bond motifs is 2. The molecule has 0 spiro atoms. The highest BCUT2D eigenvalue weighted by Crippen LogP contribution is 2.36. The summed E-state index contributed by atoms with van der Waals surface area (Å²) < 4.78 is 11.0. The first-order chi connectivity index (χ1) is 13.9. The molecule has 3 rings (SSSR count). The molecule has 7 heteroatoms. The minimum Gasteiger partial charge on any atom is -0.469 e. The van der Waals surface area contributed by atoms with Gasteiger partial charge in [-0.1, -0.05) is 6.08 Å². The standard InChI is InChI=1S/C22H34N4O3/c1-5-11-23-20(24-12-10-19-7-6-13-28-19)25-16-14-17-8-9-18(15-16)26(17)21(27)29-22(2,3)4/h5-7,13,16-18H,1,8-12,14-15H2,2-4H3,(H2,23,24,25). The lowest BCUT2D eigenvalue weighted by Gasteiger charge is -2.40. The molecule has 2 unspecified atom stereocenters. The van der Waals surface area contributed by atoms with Crippen molar-refractivity contribution in [3.8, 4) is 0 Å². The fourth-order valence-electron chi connectivity index (χ4n) is 4.16. The van der Waals surface area contributed by atoms with Gasteiger partial charge < -0.3 is 24.7 Å². The van der Waals surface area contributed by atoms with E-state index in [4.69, 9.17) is 9.15 Å². The van der Waals surface area contributed by atoms with Gasteiger partial charge in [0.15, 0.2) is 5.96 Å². The van der Waals surface area contributed by atoms with Crippen molar-refractivity contribution in [2.45, 2.75) is 76.6 Å². The molecule has 2 atom stereocenters. The van der Waals surface area contributed by atoms with Gasteiger partial charge in [0, 0.05) is 37.6 Å². The van der Waals surface area contributed by atoms with E-state index in [0.717, 1.165) is 43.8 Å². The van der Waals surface area contributed by atoms with Gasteiger partial charge in [0.25, 0.3) is 0 Å². The molecule has 2 aliphatic rings. The Kier molecular flexibility index (Phi) is 6.87. The second-order valence-electron chi connectivity index (χ2n) is 8.81. The average Bonchev–Trinajstić information content (AvgIpc) is 3.24. The van der Waals surface area contributed by atoms with Crippen molar-refractivity contribution < 1.29 is 13.9 Å². The molecule has 1 aromatic heterocycles. The Morgan fingerprint density at radius 3 is 2.69 bits per heavy atom. The molecule has 1 aromatic rings. The Hall–Kier alpha value is -2.44. The first-order valence-corrected chi connectivity index (χ1v) is 10.5. The van der Waals surface area contributed by atoms with E-state index >= 15 is 0 Å². The van der Waals surface area contributed by atoms with E-state index in [1.807, 2.05) is 43.9 Å². The molecular weight excluding hydrogens is 368 g/mol. The Morgan fingerprint density at radius 1 is 1.38 bits per heavy atom. The molecule has 3 heterocycles. The second-order valence-corrected chi connectivity index (χ2v) is 8.81. The average molecular weight is 403 g/mol. The number of aliphatic imine (C=N–C) groups is 1. The number of ether oxygens (including phenoxy) is 1. The van der Waals surface area contributed by atoms with E-state index in [1.54, 1.807) is 6.26 Å². The van der Waals surface area contributed by atoms with Crippen molar-refractivity contribution >= 4 is 12.1 Å². The number of carbonyl (C=O) groups is 1. The molecule has 0 aromatic carbocycles. The number of furan rings is 1. The third-order valence-electron chi connectivity index (χ3n) is 5.30. The summed E-state index contributed by atoms with van der Waals surface area (Å²) in [7, 11) is 0. The zero-order chi connectivity index (χ0) is 20.9. The van der Waals surface area contributed by atoms with Crippen molar-refractivity contribution in [1.29, 1.82) is 0 Å². The number of nitrogens with zero attached hydrogens (tertiary/aromatic N) is 2. The molecule has 0 radical (unpaired) electrons. The summed E-state index contributed by atoms with van der Waals surface area (Å²) in [5.74, 6) is 1.71. The van der Waals surface area contributed by atoms with E-state index in [1.165, 1.54) is 0 Å². The fourth-order valence-corrected chi connectivity index (χ4v) is 4.16. The third kappa shape index (κ3) is 6.02. The van der Waals surface area contributed by atoms with Crippen molar-refractivity contribution in [1.82, 2.24) is 15.5 Å². The minimum absolute atomic E-state index is 0.180. The fraction of sp³-hybridized carbons (Fsp3) is 0.636. The quantitative estimate of drug-likeness (QED) is 0.433. The molecule has 2 aliphatic heterocycles. The Morgan fingerprint density at radius 2 is 2.10 bits per heavy atom. The topological polar surface area (TPSA) is 79.1 Å². The van der Waals surface area contributed by atoms with E-state index in [9.17, 15) is 4.79 Å². The van der Waals surface area contributed by atoms with E-state index in [0.29, 0.717) is 13.1 Å². The summed E-state index contributed by atoms with van der Waals surface area (Å²) in [5.41, 5.74) is -0.464. The van der Waals surface area contributed by atoms with Crippen LogP contribution in [0.1, 0.15) is 52.2 Å². The van der Waals surface area contributed by atoms with E-state index in [2.05, 4.69) is 22.2 Å². The third-order valence-corrected chi connectivity index (χ3v) is 5.30. The second kappa shape index (κ2) is 9.37. The summed E-state index contributed by atoms with van der Waals surface area (Å²) in [5, 5.41) is 6.86. The molecule has 2 fully saturated rings. The predicted molar refractivity (Wildman–Crippen MR) is 114 cm³/mol. The van der Waals surface area contributed by atoms with Gasteiger partial charge in [-0.2, -0.15) is 0 Å². The molecule has 0 aliphatic carbocycles. The number of piperidine rings is 1. The zero-order valence-electron chi connectivity index (χ0n) is 17.8. The lowest BCUT2D eigenvalue weighted by atomic mass is 9.98. The van der Waals surface area contributed by atoms with Crippen molar-refractivity contribution in [2.24, 2.45) is 4.99 Å². The molecule has 2 N–H and O–H groups in total. The highest BCUT2D eigenvalue weighted by atomic mass is 16.6. The molecule has 0 saturated carbocycles. The minimum atomic E-state index is -0.464. The van der Waals surface area contributed by atoms with Crippen molar-refractivity contribution in [3.63, 3.8) is 0 Å². The van der Waals surface area contributed by atoms with Gasteiger partial charge in [-0.25, -0.2) is 4.79 Å². The van der Waals surface area contributed by atoms with E-state index in [-0.39, 0.29) is 24.2 Å². The van der Waals surface area contributed by atoms with Crippen LogP contribution in [0.3, 0.4) is 0 Å². The smallest absolute Gasteiger partial charge is 0.410 e. The van der Waals surface area contributed by atoms with Crippen LogP contribution < -0.4 is 10.6 Å². The number of amides is 1. The Labute approximate surface area is 173 Å². The number of nitrogens with one attached hydrogen (secondary N) is 2. The normalized spacial score (nSPS) is 24.3. The number of hydrogen-bond acceptors (Lipinski definition) is 4. The molecule has 29 heavy (non-hydrogen) atoms. The number of hydrogen-bond donors (Lipinski definition) is 2. The van der Waals surface area contributed by atoms with Gasteiger partial charge in [0.05, 0.1) is 6.26 Å². The molecule has 160 valence electrons. The maximum Gasteiger partial charge on any atom is 0.410 e. The van der Waals surface area contributed by atoms with Crippen molar-refractivity contribution in [3.05, 3.63) is 36.8 Å². The van der Waals surface area contributed by atoms with Crippen LogP contribution in [0.4, 0.5) is 4.79 Å². The van der Waals surface area contributed by atoms with Crippen LogP contribution in [0, 0.1) is 0 Å². The molecular formula is C22H34N4O3. The number of guanidine groups is 1. The maximum atomic E-state index is 12.6. The van der Waals surface area contributed by atoms with Crippen LogP contribution in [-0.4, -0.2) is 53.8 Å². The molecule has 7 nitrogen and oxygen atoms in total. The summed E-state index contributed by atoms with van der Waals surface area (Å²) >= 11 is 0. The van der Waals surface area contributed by atoms with Gasteiger partial charge in [-0.05, 0) is 58.6 Å². The van der Waals surface area contributed by atoms with Gasteiger partial charge in [-0.15, -0.1) is 6.58 Å². The largest absolute Gasteiger partial charge is 0.469 e. The van der Waals surface area contributed by atoms with Gasteiger partial charge in [-0.3, -0.25) is 4.99 Å². The van der Waals surface area contributed by atoms with Gasteiger partial charge in [0.2, 0.25) is 0 Å². The molecule has 1 amide bonds. The zero-order valence-corrected chi connectivity index (χ0v) is 17.8. The maximum absolute atomic E-state index is 12.6. The number of carbonyl (C=O) groups excluding carboxylic acids is 1.